The van der Waals surface area contributed by atoms with Gasteiger partial charge >= 0.3 is 0 Å². The van der Waals surface area contributed by atoms with Crippen molar-refractivity contribution in [3.8, 4) is 0 Å². The number of nitrogens with zero attached hydrogens (tertiary/aromatic N) is 2. The van der Waals surface area contributed by atoms with Gasteiger partial charge in [-0.2, -0.15) is 0 Å². The molecule has 0 aliphatic carbocycles. The second-order valence-electron chi connectivity index (χ2n) is 10.2. The first kappa shape index (κ1) is 29.1. The molecular weight excluding hydrogens is 388 g/mol. The lowest BCUT2D eigenvalue weighted by Crippen LogP contribution is -2.22. The molecule has 0 amide bonds. The van der Waals surface area contributed by atoms with Crippen molar-refractivity contribution < 1.29 is 0 Å². The summed E-state index contributed by atoms with van der Waals surface area (Å²) in [6, 6.07) is 0. The molecule has 0 saturated heterocycles. The van der Waals surface area contributed by atoms with Crippen LogP contribution in [-0.4, -0.2) is 23.0 Å². The van der Waals surface area contributed by atoms with Crippen LogP contribution in [0.3, 0.4) is 0 Å². The van der Waals surface area contributed by atoms with Crippen LogP contribution in [0.2, 0.25) is 0 Å². The zero-order chi connectivity index (χ0) is 23.0. The normalized spacial score (nSPS) is 13.8. The largest absolute Gasteiger partial charge is 0.358 e. The molecule has 2 nitrogen and oxygen atoms in total. The molecule has 0 aromatic carbocycles. The lowest BCUT2D eigenvalue weighted by Gasteiger charge is -2.18. The number of unbranched alkanes of at least 4 members (excludes halogenated alkanes) is 21. The van der Waals surface area contributed by atoms with Crippen LogP contribution in [0.1, 0.15) is 155 Å². The fraction of sp³-hybridized carbons (Fsp3) is 0.867. The Hall–Kier alpha value is -0.920. The predicted molar refractivity (Wildman–Crippen MR) is 145 cm³/mol. The Kier molecular flexibility index (Phi) is 21.1. The summed E-state index contributed by atoms with van der Waals surface area (Å²) in [4.78, 5) is 4.68. The van der Waals surface area contributed by atoms with E-state index in [-0.39, 0.29) is 0 Å². The van der Waals surface area contributed by atoms with Crippen molar-refractivity contribution in [2.75, 3.05) is 13.2 Å². The maximum atomic E-state index is 2.43. The van der Waals surface area contributed by atoms with E-state index in [1.54, 1.807) is 0 Å². The average Bonchev–Trinajstić information content (AvgIpc) is 3.25. The quantitative estimate of drug-likeness (QED) is 0.136. The maximum Gasteiger partial charge on any atom is 0.0935 e. The molecule has 0 unspecified atom stereocenters. The molecule has 0 N–H and O–H groups in total. The van der Waals surface area contributed by atoms with Crippen LogP contribution in [0.15, 0.2) is 24.7 Å². The van der Waals surface area contributed by atoms with Gasteiger partial charge in [0.05, 0.1) is 6.67 Å². The van der Waals surface area contributed by atoms with Gasteiger partial charge < -0.3 is 9.80 Å². The molecule has 0 spiro atoms. The molecule has 32 heavy (non-hydrogen) atoms. The van der Waals surface area contributed by atoms with Crippen molar-refractivity contribution in [2.24, 2.45) is 0 Å². The maximum absolute atomic E-state index is 2.43. The van der Waals surface area contributed by atoms with Crippen molar-refractivity contribution in [2.45, 2.75) is 155 Å². The van der Waals surface area contributed by atoms with Gasteiger partial charge in [0, 0.05) is 25.1 Å². The third-order valence-corrected chi connectivity index (χ3v) is 6.95. The molecule has 1 heterocycles. The van der Waals surface area contributed by atoms with Gasteiger partial charge in [0.15, 0.2) is 0 Å². The Morgan fingerprint density at radius 1 is 0.531 bits per heavy atom. The summed E-state index contributed by atoms with van der Waals surface area (Å²) >= 11 is 0. The van der Waals surface area contributed by atoms with Gasteiger partial charge in [-0.1, -0.05) is 148 Å². The molecule has 0 radical (unpaired) electrons. The van der Waals surface area contributed by atoms with Crippen LogP contribution < -0.4 is 0 Å². The number of rotatable bonds is 24. The zero-order valence-electron chi connectivity index (χ0n) is 22.2. The fourth-order valence-corrected chi connectivity index (χ4v) is 4.84. The second-order valence-corrected chi connectivity index (χ2v) is 10.2. The third kappa shape index (κ3) is 18.6. The molecule has 0 fully saturated rings. The summed E-state index contributed by atoms with van der Waals surface area (Å²) in [5, 5.41) is 0. The van der Waals surface area contributed by atoms with Gasteiger partial charge in [0.1, 0.15) is 0 Å². The number of allylic oxidation sites excluding steroid dienone is 1. The summed E-state index contributed by atoms with van der Waals surface area (Å²) in [6.45, 7) is 6.63. The third-order valence-electron chi connectivity index (χ3n) is 6.95. The summed E-state index contributed by atoms with van der Waals surface area (Å²) in [6.07, 6.45) is 40.7. The molecule has 1 aliphatic heterocycles. The van der Waals surface area contributed by atoms with Crippen molar-refractivity contribution in [1.29, 1.82) is 0 Å². The smallest absolute Gasteiger partial charge is 0.0935 e. The van der Waals surface area contributed by atoms with E-state index in [4.69, 9.17) is 0 Å². The molecule has 0 bridgehead atoms. The first-order chi connectivity index (χ1) is 15.9. The highest BCUT2D eigenvalue weighted by atomic mass is 15.3. The van der Waals surface area contributed by atoms with Crippen LogP contribution in [0, 0.1) is 0 Å². The van der Waals surface area contributed by atoms with E-state index in [2.05, 4.69) is 48.3 Å². The SMILES string of the molecule is CC=CN1C=CN(CCCCCCCCCCCCCCCCCCCCCCCC)C1. The van der Waals surface area contributed by atoms with E-state index in [1.165, 1.54) is 148 Å². The molecule has 0 aromatic heterocycles. The molecule has 188 valence electrons. The van der Waals surface area contributed by atoms with E-state index in [9.17, 15) is 0 Å². The van der Waals surface area contributed by atoms with Crippen molar-refractivity contribution in [1.82, 2.24) is 9.80 Å². The van der Waals surface area contributed by atoms with E-state index < -0.39 is 0 Å². The number of hydrogen-bond acceptors (Lipinski definition) is 2. The van der Waals surface area contributed by atoms with Crippen LogP contribution in [-0.2, 0) is 0 Å². The highest BCUT2D eigenvalue weighted by Gasteiger charge is 2.08. The van der Waals surface area contributed by atoms with Gasteiger partial charge in [-0.25, -0.2) is 0 Å². The fourth-order valence-electron chi connectivity index (χ4n) is 4.84. The second kappa shape index (κ2) is 23.2. The van der Waals surface area contributed by atoms with Crippen LogP contribution in [0.4, 0.5) is 0 Å². The van der Waals surface area contributed by atoms with Crippen molar-refractivity contribution in [3.05, 3.63) is 24.7 Å². The molecule has 2 heteroatoms. The molecular formula is C30H58N2. The van der Waals surface area contributed by atoms with E-state index in [1.807, 2.05) is 0 Å². The van der Waals surface area contributed by atoms with Crippen LogP contribution >= 0.6 is 0 Å². The monoisotopic (exact) mass is 446 g/mol. The first-order valence-corrected chi connectivity index (χ1v) is 14.7. The standard InChI is InChI=1S/C30H58N2/c1-3-5-6-7-8-9-10-11-12-13-14-15-16-17-18-19-20-21-22-23-24-25-27-32-29-28-31(30-32)26-4-2/h4,26,28-29H,3,5-25,27,30H2,1-2H3. The minimum atomic E-state index is 1.03. The summed E-state index contributed by atoms with van der Waals surface area (Å²) < 4.78 is 0. The summed E-state index contributed by atoms with van der Waals surface area (Å²) in [5.41, 5.74) is 0. The van der Waals surface area contributed by atoms with Gasteiger partial charge in [0.2, 0.25) is 0 Å². The van der Waals surface area contributed by atoms with Gasteiger partial charge in [-0.15, -0.1) is 0 Å². The highest BCUT2D eigenvalue weighted by molar-refractivity contribution is 4.96. The minimum Gasteiger partial charge on any atom is -0.358 e. The summed E-state index contributed by atoms with van der Waals surface area (Å²) in [7, 11) is 0. The molecule has 0 saturated carbocycles. The molecule has 0 atom stereocenters. The highest BCUT2D eigenvalue weighted by Crippen LogP contribution is 2.15. The Bertz CT molecular complexity index is 429. The van der Waals surface area contributed by atoms with Gasteiger partial charge in [-0.05, 0) is 13.3 Å². The van der Waals surface area contributed by atoms with Crippen LogP contribution in [0.5, 0.6) is 0 Å². The van der Waals surface area contributed by atoms with Gasteiger partial charge in [0.25, 0.3) is 0 Å². The minimum absolute atomic E-state index is 1.03. The van der Waals surface area contributed by atoms with Crippen molar-refractivity contribution in [3.63, 3.8) is 0 Å². The van der Waals surface area contributed by atoms with E-state index in [0.717, 1.165) is 6.67 Å². The van der Waals surface area contributed by atoms with Gasteiger partial charge in [-0.3, -0.25) is 0 Å². The van der Waals surface area contributed by atoms with E-state index >= 15 is 0 Å². The Labute approximate surface area is 202 Å². The average molecular weight is 447 g/mol. The Morgan fingerprint density at radius 3 is 1.28 bits per heavy atom. The van der Waals surface area contributed by atoms with Crippen LogP contribution in [0.25, 0.3) is 0 Å². The lowest BCUT2D eigenvalue weighted by atomic mass is 10.0. The molecule has 0 aromatic rings. The Balaban J connectivity index is 1.67. The zero-order valence-corrected chi connectivity index (χ0v) is 22.2. The molecule has 1 rings (SSSR count). The Morgan fingerprint density at radius 2 is 0.906 bits per heavy atom. The topological polar surface area (TPSA) is 6.48 Å². The molecule has 1 aliphatic rings. The lowest BCUT2D eigenvalue weighted by molar-refractivity contribution is 0.307. The number of hydrogen-bond donors (Lipinski definition) is 0. The van der Waals surface area contributed by atoms with E-state index in [0.29, 0.717) is 0 Å². The predicted octanol–water partition coefficient (Wildman–Crippen LogP) is 10.2. The summed E-state index contributed by atoms with van der Waals surface area (Å²) in [5.74, 6) is 0. The first-order valence-electron chi connectivity index (χ1n) is 14.7. The van der Waals surface area contributed by atoms with Crippen molar-refractivity contribution >= 4 is 0 Å².